The van der Waals surface area contributed by atoms with Crippen LogP contribution in [0.15, 0.2) is 24.0 Å². The van der Waals surface area contributed by atoms with E-state index in [1.807, 2.05) is 10.6 Å². The molecule has 0 aromatic heterocycles. The lowest BCUT2D eigenvalue weighted by atomic mass is 9.91. The van der Waals surface area contributed by atoms with E-state index in [0.717, 1.165) is 0 Å². The highest BCUT2D eigenvalue weighted by Crippen LogP contribution is 2.63. The van der Waals surface area contributed by atoms with Crippen molar-refractivity contribution < 1.29 is 103 Å². The number of carbonyl (C=O) groups excluding carboxylic acids is 2. The fourth-order valence-corrected chi connectivity index (χ4v) is 3.26. The van der Waals surface area contributed by atoms with E-state index in [4.69, 9.17) is 14.2 Å². The molecule has 0 saturated carbocycles. The van der Waals surface area contributed by atoms with Crippen LogP contribution >= 0.6 is 0 Å². The molecule has 51 heavy (non-hydrogen) atoms. The minimum atomic E-state index is -8.77. The molecule has 1 aromatic rings. The average molecular weight is 784 g/mol. The molecule has 0 aliphatic carbocycles. The maximum atomic E-state index is 14.7. The quantitative estimate of drug-likeness (QED) is 0.171. The fraction of sp³-hybridized carbons (Fsp3) is 0.615. The number of benzene rings is 1. The molecule has 0 radical (unpaired) electrons. The highest BCUT2D eigenvalue weighted by molar-refractivity contribution is 5.92. The van der Waals surface area contributed by atoms with E-state index in [2.05, 4.69) is 4.74 Å². The minimum Gasteiger partial charge on any atom is -0.491 e. The molecule has 0 fully saturated rings. The molecule has 2 amide bonds. The summed E-state index contributed by atoms with van der Waals surface area (Å²) in [6.45, 7) is 8.02. The molecular formula is C26H25F17N2O6. The van der Waals surface area contributed by atoms with Gasteiger partial charge in [0.15, 0.2) is 11.5 Å². The first-order valence-electron chi connectivity index (χ1n) is 13.1. The van der Waals surface area contributed by atoms with Gasteiger partial charge in [-0.25, -0.2) is 9.59 Å². The van der Waals surface area contributed by atoms with Crippen LogP contribution in [0.3, 0.4) is 0 Å². The van der Waals surface area contributed by atoms with E-state index in [-0.39, 0.29) is 6.07 Å². The molecule has 1 aromatic carbocycles. The highest BCUT2D eigenvalue weighted by atomic mass is 19.4. The van der Waals surface area contributed by atoms with Crippen LogP contribution in [0.2, 0.25) is 0 Å². The van der Waals surface area contributed by atoms with Crippen LogP contribution in [0, 0.1) is 0 Å². The van der Waals surface area contributed by atoms with Gasteiger partial charge in [-0.05, 0) is 47.6 Å². The maximum Gasteiger partial charge on any atom is 0.460 e. The van der Waals surface area contributed by atoms with Gasteiger partial charge in [0.2, 0.25) is 5.83 Å². The molecule has 0 aliphatic heterocycles. The predicted octanol–water partition coefficient (Wildman–Crippen LogP) is 10.3. The van der Waals surface area contributed by atoms with Gasteiger partial charge in [0, 0.05) is 6.07 Å². The molecule has 0 aliphatic rings. The van der Waals surface area contributed by atoms with E-state index in [9.17, 15) is 84.2 Å². The molecular weight excluding hydrogens is 759 g/mol. The monoisotopic (exact) mass is 784 g/mol. The molecule has 8 nitrogen and oxygen atoms in total. The number of anilines is 2. The van der Waals surface area contributed by atoms with Gasteiger partial charge in [0.1, 0.15) is 11.2 Å². The lowest BCUT2D eigenvalue weighted by molar-refractivity contribution is -0.451. The molecule has 0 spiro atoms. The summed E-state index contributed by atoms with van der Waals surface area (Å²) >= 11 is 0. The molecule has 294 valence electrons. The van der Waals surface area contributed by atoms with Crippen molar-refractivity contribution in [2.24, 2.45) is 0 Å². The number of allylic oxidation sites excluding steroid dienone is 1. The number of hydrogen-bond donors (Lipinski definition) is 2. The third-order valence-electron chi connectivity index (χ3n) is 5.52. The topological polar surface area (TPSA) is 95.1 Å². The summed E-state index contributed by atoms with van der Waals surface area (Å²) in [7, 11) is 0.629. The van der Waals surface area contributed by atoms with Gasteiger partial charge in [-0.15, -0.1) is 0 Å². The molecule has 2 N–H and O–H groups in total. The van der Waals surface area contributed by atoms with E-state index in [1.165, 1.54) is 41.5 Å². The van der Waals surface area contributed by atoms with Crippen LogP contribution in [0.25, 0.3) is 0 Å². The van der Waals surface area contributed by atoms with Crippen molar-refractivity contribution >= 4 is 23.6 Å². The first-order valence-corrected chi connectivity index (χ1v) is 13.1. The van der Waals surface area contributed by atoms with Crippen molar-refractivity contribution in [2.75, 3.05) is 17.7 Å². The summed E-state index contributed by atoms with van der Waals surface area (Å²) in [5.74, 6) is -58.0. The molecule has 1 rings (SSSR count). The minimum absolute atomic E-state index is 0.273. The summed E-state index contributed by atoms with van der Waals surface area (Å²) in [5, 5.41) is 3.80. The van der Waals surface area contributed by atoms with Crippen LogP contribution in [0.5, 0.6) is 11.5 Å². The van der Waals surface area contributed by atoms with Gasteiger partial charge in [-0.3, -0.25) is 10.6 Å². The largest absolute Gasteiger partial charge is 0.491 e. The first-order chi connectivity index (χ1) is 22.3. The molecule has 0 unspecified atom stereocenters. The maximum absolute atomic E-state index is 14.7. The zero-order valence-corrected chi connectivity index (χ0v) is 26.5. The molecule has 0 saturated heterocycles. The SMILES string of the molecule is COc1c(NC(=O)OC(C)(C)C)cc(NC(=O)OC(C)(C)C)cc1OC(F)=C(F)C(F)(F)C(F)(F)C(F)(F)C(F)(F)C(F)(F)C(F)(F)C(F)(F)F. The van der Waals surface area contributed by atoms with E-state index in [0.29, 0.717) is 13.2 Å². The second-order valence-electron chi connectivity index (χ2n) is 11.9. The first kappa shape index (κ1) is 44.9. The summed E-state index contributed by atoms with van der Waals surface area (Å²) < 4.78 is 250. The van der Waals surface area contributed by atoms with Crippen molar-refractivity contribution in [1.82, 2.24) is 0 Å². The van der Waals surface area contributed by atoms with Crippen LogP contribution in [-0.4, -0.2) is 72.2 Å². The zero-order chi connectivity index (χ0) is 40.8. The smallest absolute Gasteiger partial charge is 0.460 e. The van der Waals surface area contributed by atoms with Gasteiger partial charge >= 0.3 is 59.9 Å². The Bertz CT molecular complexity index is 1500. The van der Waals surface area contributed by atoms with Crippen molar-refractivity contribution in [3.63, 3.8) is 0 Å². The number of ether oxygens (including phenoxy) is 4. The summed E-state index contributed by atoms with van der Waals surface area (Å²) in [6, 6.07) is -2.82. The molecule has 0 heterocycles. The number of hydrogen-bond acceptors (Lipinski definition) is 6. The number of alkyl halides is 15. The van der Waals surface area contributed by atoms with Gasteiger partial charge in [0.25, 0.3) is 0 Å². The van der Waals surface area contributed by atoms with Crippen LogP contribution in [0.1, 0.15) is 41.5 Å². The van der Waals surface area contributed by atoms with E-state index < -0.39 is 99.8 Å². The van der Waals surface area contributed by atoms with Crippen LogP contribution in [-0.2, 0) is 9.47 Å². The Morgan fingerprint density at radius 3 is 1.37 bits per heavy atom. The second kappa shape index (κ2) is 13.8. The number of rotatable bonds is 11. The Labute approximate surface area is 275 Å². The number of carbonyl (C=O) groups is 2. The van der Waals surface area contributed by atoms with Gasteiger partial charge in [0.05, 0.1) is 18.5 Å². The Balaban J connectivity index is 3.87. The van der Waals surface area contributed by atoms with Crippen LogP contribution < -0.4 is 20.1 Å². The van der Waals surface area contributed by atoms with Crippen molar-refractivity contribution in [2.45, 2.75) is 94.5 Å². The molecule has 0 atom stereocenters. The Morgan fingerprint density at radius 2 is 0.980 bits per heavy atom. The summed E-state index contributed by atoms with van der Waals surface area (Å²) in [5.41, 5.74) is -4.04. The third-order valence-corrected chi connectivity index (χ3v) is 5.52. The van der Waals surface area contributed by atoms with Gasteiger partial charge < -0.3 is 18.9 Å². The van der Waals surface area contributed by atoms with E-state index >= 15 is 0 Å². The average Bonchev–Trinajstić information content (AvgIpc) is 2.89. The number of nitrogens with one attached hydrogen (secondary N) is 2. The van der Waals surface area contributed by atoms with E-state index in [1.54, 1.807) is 0 Å². The summed E-state index contributed by atoms with van der Waals surface area (Å²) in [6.07, 6.45) is -10.6. The normalized spacial score (nSPS) is 14.7. The zero-order valence-electron chi connectivity index (χ0n) is 26.5. The van der Waals surface area contributed by atoms with Gasteiger partial charge in [-0.1, -0.05) is 0 Å². The summed E-state index contributed by atoms with van der Waals surface area (Å²) in [4.78, 5) is 24.5. The van der Waals surface area contributed by atoms with Crippen molar-refractivity contribution in [3.05, 3.63) is 24.0 Å². The van der Waals surface area contributed by atoms with Crippen LogP contribution in [0.4, 0.5) is 95.6 Å². The third kappa shape index (κ3) is 8.87. The van der Waals surface area contributed by atoms with Crippen molar-refractivity contribution in [3.8, 4) is 11.5 Å². The second-order valence-corrected chi connectivity index (χ2v) is 11.9. The predicted molar refractivity (Wildman–Crippen MR) is 138 cm³/mol. The molecule has 0 bridgehead atoms. The fourth-order valence-electron chi connectivity index (χ4n) is 3.26. The number of methoxy groups -OCH3 is 1. The Hall–Kier alpha value is -4.09. The number of amides is 2. The van der Waals surface area contributed by atoms with Crippen molar-refractivity contribution in [1.29, 1.82) is 0 Å². The number of halogens is 17. The lowest BCUT2D eigenvalue weighted by Gasteiger charge is -2.41. The lowest BCUT2D eigenvalue weighted by Crippen LogP contribution is -2.72. The van der Waals surface area contributed by atoms with Gasteiger partial charge in [-0.2, -0.15) is 74.6 Å². The standard InChI is InChI=1S/C26H25F17N2O6/c1-18(2,3)50-16(46)44-10-8-11(45-17(47)51-19(4,5)6)13(48-7)12(9-10)49-15(28)14(27)20(29,30)21(31,32)22(33,34)23(35,36)24(37,38)25(39,40)26(41,42)43/h8-9H,1-7H3,(H,44,46)(H,45,47). The Kier molecular flexibility index (Phi) is 12.2. The Morgan fingerprint density at radius 1 is 0.588 bits per heavy atom. The molecule has 25 heteroatoms. The highest BCUT2D eigenvalue weighted by Gasteiger charge is 2.94.